The largest absolute Gasteiger partial charge is 0.493 e. The molecule has 1 amide bonds. The fourth-order valence-corrected chi connectivity index (χ4v) is 5.65. The zero-order chi connectivity index (χ0) is 24.9. The molecule has 0 aromatic heterocycles. The molecule has 0 aliphatic carbocycles. The quantitative estimate of drug-likeness (QED) is 0.193. The number of nitrogens with zero attached hydrogens (tertiary/aromatic N) is 2. The van der Waals surface area contributed by atoms with Crippen molar-refractivity contribution in [1.82, 2.24) is 4.90 Å². The third-order valence-corrected chi connectivity index (χ3v) is 7.49. The van der Waals surface area contributed by atoms with Gasteiger partial charge in [0.25, 0.3) is 5.91 Å². The summed E-state index contributed by atoms with van der Waals surface area (Å²) in [5.41, 5.74) is 2.74. The van der Waals surface area contributed by atoms with Gasteiger partial charge in [-0.25, -0.2) is 4.99 Å². The number of aliphatic imine (C=N–C) groups is 1. The Morgan fingerprint density at radius 1 is 1.11 bits per heavy atom. The van der Waals surface area contributed by atoms with Gasteiger partial charge in [0.15, 0.2) is 16.7 Å². The van der Waals surface area contributed by atoms with Gasteiger partial charge in [-0.05, 0) is 102 Å². The highest BCUT2D eigenvalue weighted by molar-refractivity contribution is 14.1. The number of thioether (sulfide) groups is 1. The average molecular weight is 663 g/mol. The SMILES string of the molecule is COc1cc(/C=C2/SC(=Nc3ccccc3)N(C(C)C)C2=O)cc(I)c1OCc1ccc(Br)cc1. The van der Waals surface area contributed by atoms with Crippen molar-refractivity contribution < 1.29 is 14.3 Å². The average Bonchev–Trinajstić information content (AvgIpc) is 3.14. The van der Waals surface area contributed by atoms with E-state index in [9.17, 15) is 4.79 Å². The van der Waals surface area contributed by atoms with Gasteiger partial charge in [0.05, 0.1) is 21.3 Å². The van der Waals surface area contributed by atoms with Gasteiger partial charge in [-0.1, -0.05) is 46.3 Å². The monoisotopic (exact) mass is 662 g/mol. The van der Waals surface area contributed by atoms with E-state index in [4.69, 9.17) is 14.5 Å². The minimum Gasteiger partial charge on any atom is -0.493 e. The number of carbonyl (C=O) groups excluding carboxylic acids is 1. The first-order valence-corrected chi connectivity index (χ1v) is 13.7. The van der Waals surface area contributed by atoms with Crippen LogP contribution in [0, 0.1) is 3.57 Å². The predicted octanol–water partition coefficient (Wildman–Crippen LogP) is 7.65. The highest BCUT2D eigenvalue weighted by atomic mass is 127. The molecule has 1 aliphatic heterocycles. The number of rotatable bonds is 7. The molecular weight excluding hydrogens is 639 g/mol. The summed E-state index contributed by atoms with van der Waals surface area (Å²) in [4.78, 5) is 20.3. The van der Waals surface area contributed by atoms with Crippen LogP contribution in [0.5, 0.6) is 11.5 Å². The molecule has 8 heteroatoms. The molecule has 0 unspecified atom stereocenters. The number of amides is 1. The zero-order valence-corrected chi connectivity index (χ0v) is 24.1. The van der Waals surface area contributed by atoms with Gasteiger partial charge in [0.1, 0.15) is 6.61 Å². The molecule has 0 spiro atoms. The molecule has 35 heavy (non-hydrogen) atoms. The molecule has 0 N–H and O–H groups in total. The highest BCUT2D eigenvalue weighted by Gasteiger charge is 2.35. The minimum atomic E-state index is -0.0516. The van der Waals surface area contributed by atoms with Crippen LogP contribution in [0.25, 0.3) is 6.08 Å². The highest BCUT2D eigenvalue weighted by Crippen LogP contribution is 2.39. The van der Waals surface area contributed by atoms with Crippen molar-refractivity contribution >= 4 is 73.1 Å². The summed E-state index contributed by atoms with van der Waals surface area (Å²) < 4.78 is 13.7. The van der Waals surface area contributed by atoms with E-state index in [1.807, 2.05) is 86.7 Å². The minimum absolute atomic E-state index is 0.00702. The number of methoxy groups -OCH3 is 1. The lowest BCUT2D eigenvalue weighted by Crippen LogP contribution is -2.35. The Balaban J connectivity index is 1.60. The molecule has 1 saturated heterocycles. The van der Waals surface area contributed by atoms with Gasteiger partial charge >= 0.3 is 0 Å². The van der Waals surface area contributed by atoms with Gasteiger partial charge < -0.3 is 9.47 Å². The van der Waals surface area contributed by atoms with Gasteiger partial charge in [-0.3, -0.25) is 9.69 Å². The number of hydrogen-bond acceptors (Lipinski definition) is 5. The van der Waals surface area contributed by atoms with E-state index >= 15 is 0 Å². The molecule has 1 heterocycles. The molecule has 0 radical (unpaired) electrons. The lowest BCUT2D eigenvalue weighted by Gasteiger charge is -2.19. The van der Waals surface area contributed by atoms with Gasteiger partial charge in [-0.2, -0.15) is 0 Å². The lowest BCUT2D eigenvalue weighted by molar-refractivity contribution is -0.123. The van der Waals surface area contributed by atoms with Crippen molar-refractivity contribution in [3.63, 3.8) is 0 Å². The number of halogens is 2. The molecule has 0 atom stereocenters. The van der Waals surface area contributed by atoms with Crippen molar-refractivity contribution in [1.29, 1.82) is 0 Å². The fourth-order valence-electron chi connectivity index (χ4n) is 3.48. The number of benzene rings is 3. The summed E-state index contributed by atoms with van der Waals surface area (Å²) in [7, 11) is 1.62. The van der Waals surface area contributed by atoms with Gasteiger partial charge in [0, 0.05) is 10.5 Å². The van der Waals surface area contributed by atoms with Gasteiger partial charge in [0.2, 0.25) is 0 Å². The molecule has 0 saturated carbocycles. The first-order chi connectivity index (χ1) is 16.9. The van der Waals surface area contributed by atoms with Crippen LogP contribution >= 0.6 is 50.3 Å². The third-order valence-electron chi connectivity index (χ3n) is 5.18. The number of ether oxygens (including phenoxy) is 2. The molecule has 1 aliphatic rings. The van der Waals surface area contributed by atoms with E-state index in [0.717, 1.165) is 24.9 Å². The maximum atomic E-state index is 13.2. The molecule has 180 valence electrons. The van der Waals surface area contributed by atoms with E-state index in [1.54, 1.807) is 12.0 Å². The first kappa shape index (κ1) is 25.8. The van der Waals surface area contributed by atoms with Crippen molar-refractivity contribution in [3.8, 4) is 11.5 Å². The van der Waals surface area contributed by atoms with E-state index in [2.05, 4.69) is 38.5 Å². The standard InChI is InChI=1S/C27H24BrIN2O3S/c1-17(2)31-26(32)24(35-27(31)30-21-7-5-4-6-8-21)15-19-13-22(29)25(23(14-19)33-3)34-16-18-9-11-20(28)12-10-18/h4-15,17H,16H2,1-3H3/b24-15+,30-27?. The summed E-state index contributed by atoms with van der Waals surface area (Å²) in [6, 6.07) is 21.6. The summed E-state index contributed by atoms with van der Waals surface area (Å²) in [5, 5.41) is 0.679. The molecule has 4 rings (SSSR count). The van der Waals surface area contributed by atoms with Gasteiger partial charge in [-0.15, -0.1) is 0 Å². The molecule has 3 aromatic rings. The second kappa shape index (κ2) is 11.6. The maximum Gasteiger partial charge on any atom is 0.266 e. The Morgan fingerprint density at radius 2 is 1.83 bits per heavy atom. The number of carbonyl (C=O) groups is 1. The van der Waals surface area contributed by atoms with E-state index in [-0.39, 0.29) is 11.9 Å². The van der Waals surface area contributed by atoms with Crippen molar-refractivity contribution in [3.05, 3.63) is 90.8 Å². The number of para-hydroxylation sites is 1. The lowest BCUT2D eigenvalue weighted by atomic mass is 10.1. The Labute approximate surface area is 231 Å². The zero-order valence-electron chi connectivity index (χ0n) is 19.5. The predicted molar refractivity (Wildman–Crippen MR) is 155 cm³/mol. The van der Waals surface area contributed by atoms with Crippen molar-refractivity contribution in [2.45, 2.75) is 26.5 Å². The van der Waals surface area contributed by atoms with Crippen LogP contribution in [0.2, 0.25) is 0 Å². The fraction of sp³-hybridized carbons (Fsp3) is 0.185. The third kappa shape index (κ3) is 6.29. The molecule has 5 nitrogen and oxygen atoms in total. The molecule has 1 fully saturated rings. The van der Waals surface area contributed by atoms with Crippen LogP contribution in [-0.2, 0) is 11.4 Å². The number of amidine groups is 1. The summed E-state index contributed by atoms with van der Waals surface area (Å²) >= 11 is 7.08. The van der Waals surface area contributed by atoms with Crippen LogP contribution in [0.1, 0.15) is 25.0 Å². The Hall–Kier alpha value is -2.30. The summed E-state index contributed by atoms with van der Waals surface area (Å²) in [6.07, 6.45) is 1.89. The van der Waals surface area contributed by atoms with Crippen LogP contribution in [0.4, 0.5) is 5.69 Å². The van der Waals surface area contributed by atoms with Crippen molar-refractivity contribution in [2.75, 3.05) is 7.11 Å². The van der Waals surface area contributed by atoms with E-state index in [0.29, 0.717) is 28.2 Å². The molecular formula is C27H24BrIN2O3S. The van der Waals surface area contributed by atoms with Crippen molar-refractivity contribution in [2.24, 2.45) is 4.99 Å². The normalized spacial score (nSPS) is 15.9. The van der Waals surface area contributed by atoms with Crippen LogP contribution in [0.3, 0.4) is 0 Å². The Bertz CT molecular complexity index is 1280. The van der Waals surface area contributed by atoms with Crippen LogP contribution in [0.15, 0.2) is 81.1 Å². The maximum absolute atomic E-state index is 13.2. The Kier molecular flexibility index (Phi) is 8.56. The van der Waals surface area contributed by atoms with Crippen LogP contribution in [-0.4, -0.2) is 29.1 Å². The van der Waals surface area contributed by atoms with E-state index < -0.39 is 0 Å². The van der Waals surface area contributed by atoms with Crippen LogP contribution < -0.4 is 9.47 Å². The second-order valence-electron chi connectivity index (χ2n) is 8.06. The molecule has 3 aromatic carbocycles. The topological polar surface area (TPSA) is 51.1 Å². The smallest absolute Gasteiger partial charge is 0.266 e. The second-order valence-corrected chi connectivity index (χ2v) is 11.1. The number of hydrogen-bond donors (Lipinski definition) is 0. The summed E-state index contributed by atoms with van der Waals surface area (Å²) in [6.45, 7) is 4.41. The Morgan fingerprint density at radius 3 is 2.49 bits per heavy atom. The van der Waals surface area contributed by atoms with E-state index in [1.165, 1.54) is 11.8 Å². The summed E-state index contributed by atoms with van der Waals surface area (Å²) in [5.74, 6) is 1.25. The molecule has 0 bridgehead atoms. The first-order valence-electron chi connectivity index (χ1n) is 11.0.